The molecule has 6 nitrogen and oxygen atoms in total. The van der Waals surface area contributed by atoms with E-state index in [1.165, 1.54) is 0 Å². The maximum atomic E-state index is 12.9. The van der Waals surface area contributed by atoms with Crippen LogP contribution in [0.3, 0.4) is 0 Å². The standard InChI is InChI=1S/C22H25N3O3/c1-24(2)12-19-20(27-3)9-14(10-21(19)28-4)18-13-25(15-5-6-15)22(26)17-11-23-8-7-16(17)18/h7-11,13,15H,5-6,12H2,1-4H3. The molecule has 1 aromatic carbocycles. The van der Waals surface area contributed by atoms with Crippen LogP contribution < -0.4 is 15.0 Å². The monoisotopic (exact) mass is 379 g/mol. The summed E-state index contributed by atoms with van der Waals surface area (Å²) in [5, 5.41) is 1.53. The van der Waals surface area contributed by atoms with Crippen molar-refractivity contribution in [1.82, 2.24) is 14.5 Å². The summed E-state index contributed by atoms with van der Waals surface area (Å²) in [6.45, 7) is 0.707. The Hall–Kier alpha value is -2.86. The van der Waals surface area contributed by atoms with Crippen molar-refractivity contribution in [2.75, 3.05) is 28.3 Å². The number of hydrogen-bond donors (Lipinski definition) is 0. The highest BCUT2D eigenvalue weighted by molar-refractivity contribution is 5.95. The van der Waals surface area contributed by atoms with Gasteiger partial charge in [-0.25, -0.2) is 0 Å². The topological polar surface area (TPSA) is 56.6 Å². The van der Waals surface area contributed by atoms with Crippen LogP contribution in [0.5, 0.6) is 11.5 Å². The van der Waals surface area contributed by atoms with Crippen LogP contribution in [0.1, 0.15) is 24.4 Å². The van der Waals surface area contributed by atoms with E-state index in [0.717, 1.165) is 46.4 Å². The Morgan fingerprint density at radius 2 is 1.82 bits per heavy atom. The van der Waals surface area contributed by atoms with Crippen LogP contribution in [0.25, 0.3) is 21.9 Å². The van der Waals surface area contributed by atoms with Gasteiger partial charge in [-0.15, -0.1) is 0 Å². The van der Waals surface area contributed by atoms with Crippen molar-refractivity contribution in [1.29, 1.82) is 0 Å². The van der Waals surface area contributed by atoms with Gasteiger partial charge in [0.2, 0.25) is 0 Å². The fourth-order valence-corrected chi connectivity index (χ4v) is 3.67. The van der Waals surface area contributed by atoms with Gasteiger partial charge >= 0.3 is 0 Å². The summed E-state index contributed by atoms with van der Waals surface area (Å²) in [5.41, 5.74) is 2.97. The van der Waals surface area contributed by atoms with Gasteiger partial charge in [0.15, 0.2) is 0 Å². The second kappa shape index (κ2) is 7.28. The molecule has 146 valence electrons. The molecule has 2 heterocycles. The Morgan fingerprint density at radius 3 is 2.39 bits per heavy atom. The molecule has 0 atom stereocenters. The maximum absolute atomic E-state index is 12.9. The lowest BCUT2D eigenvalue weighted by Crippen LogP contribution is -2.19. The lowest BCUT2D eigenvalue weighted by molar-refractivity contribution is 0.349. The summed E-state index contributed by atoms with van der Waals surface area (Å²) in [6, 6.07) is 6.24. The smallest absolute Gasteiger partial charge is 0.260 e. The van der Waals surface area contributed by atoms with Crippen molar-refractivity contribution in [3.05, 3.63) is 52.7 Å². The highest BCUT2D eigenvalue weighted by Gasteiger charge is 2.26. The number of pyridine rings is 2. The first-order valence-electron chi connectivity index (χ1n) is 9.42. The van der Waals surface area contributed by atoms with Crippen LogP contribution in [0, 0.1) is 0 Å². The van der Waals surface area contributed by atoms with Crippen LogP contribution >= 0.6 is 0 Å². The third-order valence-electron chi connectivity index (χ3n) is 5.18. The minimum absolute atomic E-state index is 0.0255. The molecule has 0 amide bonds. The molecular weight excluding hydrogens is 354 g/mol. The SMILES string of the molecule is COc1cc(-c2cn(C3CC3)c(=O)c3cnccc23)cc(OC)c1CN(C)C. The van der Waals surface area contributed by atoms with E-state index in [-0.39, 0.29) is 11.6 Å². The number of methoxy groups -OCH3 is 2. The van der Waals surface area contributed by atoms with Crippen LogP contribution in [0.2, 0.25) is 0 Å². The van der Waals surface area contributed by atoms with E-state index in [1.54, 1.807) is 26.6 Å². The summed E-state index contributed by atoms with van der Waals surface area (Å²) in [5.74, 6) is 1.55. The van der Waals surface area contributed by atoms with E-state index in [9.17, 15) is 4.79 Å². The maximum Gasteiger partial charge on any atom is 0.260 e. The number of rotatable bonds is 6. The second-order valence-electron chi connectivity index (χ2n) is 7.50. The Morgan fingerprint density at radius 1 is 1.14 bits per heavy atom. The predicted molar refractivity (Wildman–Crippen MR) is 110 cm³/mol. The number of nitrogens with zero attached hydrogens (tertiary/aromatic N) is 3. The third kappa shape index (κ3) is 3.24. The average Bonchev–Trinajstić information content (AvgIpc) is 3.53. The third-order valence-corrected chi connectivity index (χ3v) is 5.18. The molecule has 0 N–H and O–H groups in total. The van der Waals surface area contributed by atoms with Crippen molar-refractivity contribution in [2.24, 2.45) is 0 Å². The van der Waals surface area contributed by atoms with Gasteiger partial charge in [-0.2, -0.15) is 0 Å². The first kappa shape index (κ1) is 18.5. The number of ether oxygens (including phenoxy) is 2. The van der Waals surface area contributed by atoms with Crippen molar-refractivity contribution in [3.8, 4) is 22.6 Å². The Bertz CT molecular complexity index is 1060. The Balaban J connectivity index is 1.97. The van der Waals surface area contributed by atoms with E-state index >= 15 is 0 Å². The minimum Gasteiger partial charge on any atom is -0.496 e. The summed E-state index contributed by atoms with van der Waals surface area (Å²) < 4.78 is 13.2. The van der Waals surface area contributed by atoms with E-state index in [0.29, 0.717) is 11.9 Å². The molecule has 0 radical (unpaired) electrons. The minimum atomic E-state index is 0.0255. The predicted octanol–water partition coefficient (Wildman–Crippen LogP) is 3.48. The first-order chi connectivity index (χ1) is 13.5. The van der Waals surface area contributed by atoms with Crippen molar-refractivity contribution < 1.29 is 9.47 Å². The summed E-state index contributed by atoms with van der Waals surface area (Å²) in [7, 11) is 7.37. The lowest BCUT2D eigenvalue weighted by Gasteiger charge is -2.19. The van der Waals surface area contributed by atoms with Crippen molar-refractivity contribution in [2.45, 2.75) is 25.4 Å². The van der Waals surface area contributed by atoms with Crippen LogP contribution in [0.15, 0.2) is 41.6 Å². The molecule has 0 aliphatic heterocycles. The molecule has 1 saturated carbocycles. The lowest BCUT2D eigenvalue weighted by atomic mass is 9.99. The zero-order valence-corrected chi connectivity index (χ0v) is 16.7. The van der Waals surface area contributed by atoms with E-state index in [1.807, 2.05) is 43.1 Å². The highest BCUT2D eigenvalue weighted by Crippen LogP contribution is 2.39. The Kier molecular flexibility index (Phi) is 4.81. The number of benzene rings is 1. The zero-order valence-electron chi connectivity index (χ0n) is 16.7. The van der Waals surface area contributed by atoms with Gasteiger partial charge < -0.3 is 18.9 Å². The molecule has 28 heavy (non-hydrogen) atoms. The Labute approximate surface area is 164 Å². The first-order valence-corrected chi connectivity index (χ1v) is 9.42. The second-order valence-corrected chi connectivity index (χ2v) is 7.50. The molecular formula is C22H25N3O3. The number of hydrogen-bond acceptors (Lipinski definition) is 5. The molecule has 1 fully saturated rings. The summed E-state index contributed by atoms with van der Waals surface area (Å²) >= 11 is 0. The normalized spacial score (nSPS) is 13.9. The number of fused-ring (bicyclic) bond motifs is 1. The van der Waals surface area contributed by atoms with Crippen molar-refractivity contribution in [3.63, 3.8) is 0 Å². The van der Waals surface area contributed by atoms with Crippen LogP contribution in [-0.2, 0) is 6.54 Å². The van der Waals surface area contributed by atoms with Gasteiger partial charge in [-0.1, -0.05) is 0 Å². The van der Waals surface area contributed by atoms with E-state index < -0.39 is 0 Å². The zero-order chi connectivity index (χ0) is 19.8. The quantitative estimate of drug-likeness (QED) is 0.656. The molecule has 4 rings (SSSR count). The molecule has 3 aromatic rings. The fourth-order valence-electron chi connectivity index (χ4n) is 3.67. The van der Waals surface area contributed by atoms with Gasteiger partial charge in [0.05, 0.1) is 25.2 Å². The number of aromatic nitrogens is 2. The highest BCUT2D eigenvalue weighted by atomic mass is 16.5. The van der Waals surface area contributed by atoms with Gasteiger partial charge in [0.25, 0.3) is 5.56 Å². The van der Waals surface area contributed by atoms with Gasteiger partial charge in [-0.3, -0.25) is 9.78 Å². The van der Waals surface area contributed by atoms with Gasteiger partial charge in [0, 0.05) is 36.7 Å². The van der Waals surface area contributed by atoms with Crippen LogP contribution in [0.4, 0.5) is 0 Å². The molecule has 1 aliphatic carbocycles. The van der Waals surface area contributed by atoms with Crippen molar-refractivity contribution >= 4 is 10.8 Å². The molecule has 0 bridgehead atoms. The van der Waals surface area contributed by atoms with Crippen LogP contribution in [-0.4, -0.2) is 42.8 Å². The average molecular weight is 379 g/mol. The van der Waals surface area contributed by atoms with Gasteiger partial charge in [0.1, 0.15) is 11.5 Å². The van der Waals surface area contributed by atoms with E-state index in [2.05, 4.69) is 9.88 Å². The molecule has 2 aromatic heterocycles. The molecule has 6 heteroatoms. The molecule has 0 saturated heterocycles. The largest absolute Gasteiger partial charge is 0.496 e. The fraction of sp³-hybridized carbons (Fsp3) is 0.364. The molecule has 0 unspecified atom stereocenters. The van der Waals surface area contributed by atoms with E-state index in [4.69, 9.17) is 9.47 Å². The molecule has 1 aliphatic rings. The van der Waals surface area contributed by atoms with Gasteiger partial charge in [-0.05, 0) is 56.1 Å². The summed E-state index contributed by atoms with van der Waals surface area (Å²) in [4.78, 5) is 19.1. The summed E-state index contributed by atoms with van der Waals surface area (Å²) in [6.07, 6.45) is 7.44. The molecule has 0 spiro atoms.